The molecule has 1 N–H and O–H groups in total. The predicted molar refractivity (Wildman–Crippen MR) is 173 cm³/mol. The number of carbonyl (C=O) groups is 2. The van der Waals surface area contributed by atoms with Crippen LogP contribution in [0.1, 0.15) is 42.9 Å². The SMILES string of the molecule is CC(=O)N1C[C@H]2CC(c3ccc(OCCOc4cc(F)ccc4Cl)cc3)=C(C(=O)N(Cc3cccc(C(F)(F)F)c3Cl)C3CC3)[C@@H](C1)N2. The van der Waals surface area contributed by atoms with E-state index >= 15 is 0 Å². The number of alkyl halides is 3. The van der Waals surface area contributed by atoms with Crippen molar-refractivity contribution in [2.24, 2.45) is 0 Å². The average Bonchev–Trinajstić information content (AvgIpc) is 3.89. The van der Waals surface area contributed by atoms with Gasteiger partial charge in [-0.25, -0.2) is 4.39 Å². The van der Waals surface area contributed by atoms with Crippen molar-refractivity contribution >= 4 is 40.6 Å². The Kier molecular flexibility index (Phi) is 9.92. The molecule has 0 unspecified atom stereocenters. The summed E-state index contributed by atoms with van der Waals surface area (Å²) < 4.78 is 65.8. The summed E-state index contributed by atoms with van der Waals surface area (Å²) in [6.45, 7) is 2.49. The van der Waals surface area contributed by atoms with E-state index in [-0.39, 0.29) is 66.5 Å². The van der Waals surface area contributed by atoms with E-state index in [4.69, 9.17) is 32.7 Å². The highest BCUT2D eigenvalue weighted by Crippen LogP contribution is 2.40. The number of fused-ring (bicyclic) bond motifs is 2. The largest absolute Gasteiger partial charge is 0.490 e. The molecule has 254 valence electrons. The second-order valence-corrected chi connectivity index (χ2v) is 13.0. The van der Waals surface area contributed by atoms with Crippen LogP contribution in [0.4, 0.5) is 17.6 Å². The second-order valence-electron chi connectivity index (χ2n) is 12.2. The molecule has 2 amide bonds. The monoisotopic (exact) mass is 705 g/mol. The topological polar surface area (TPSA) is 71.1 Å². The molecule has 0 spiro atoms. The molecule has 2 aliphatic heterocycles. The number of nitrogens with zero attached hydrogens (tertiary/aromatic N) is 2. The Balaban J connectivity index is 1.25. The van der Waals surface area contributed by atoms with Crippen molar-refractivity contribution in [2.45, 2.75) is 57.0 Å². The molecule has 3 aromatic carbocycles. The van der Waals surface area contributed by atoms with E-state index in [0.29, 0.717) is 24.3 Å². The van der Waals surface area contributed by atoms with Gasteiger partial charge >= 0.3 is 6.18 Å². The quantitative estimate of drug-likeness (QED) is 0.179. The minimum Gasteiger partial charge on any atom is -0.490 e. The molecule has 2 fully saturated rings. The number of piperazine rings is 1. The lowest BCUT2D eigenvalue weighted by Crippen LogP contribution is -2.61. The summed E-state index contributed by atoms with van der Waals surface area (Å²) in [5.74, 6) is -0.0849. The molecule has 0 aromatic heterocycles. The number of benzene rings is 3. The first kappa shape index (κ1) is 34.1. The molecule has 3 aromatic rings. The number of rotatable bonds is 10. The molecule has 48 heavy (non-hydrogen) atoms. The number of hydrogen-bond acceptors (Lipinski definition) is 5. The van der Waals surface area contributed by atoms with E-state index in [1.807, 2.05) is 12.1 Å². The summed E-state index contributed by atoms with van der Waals surface area (Å²) in [5.41, 5.74) is 1.38. The summed E-state index contributed by atoms with van der Waals surface area (Å²) >= 11 is 12.3. The first-order valence-electron chi connectivity index (χ1n) is 15.6. The van der Waals surface area contributed by atoms with Gasteiger partial charge in [-0.05, 0) is 66.3 Å². The Morgan fingerprint density at radius 3 is 2.42 bits per heavy atom. The van der Waals surface area contributed by atoms with Crippen LogP contribution in [0.5, 0.6) is 11.5 Å². The molecule has 1 aliphatic carbocycles. The fraction of sp³-hybridized carbons (Fsp3) is 0.371. The fourth-order valence-corrected chi connectivity index (χ4v) is 6.75. The minimum atomic E-state index is -4.63. The number of hydrogen-bond donors (Lipinski definition) is 1. The highest BCUT2D eigenvalue weighted by molar-refractivity contribution is 6.32. The van der Waals surface area contributed by atoms with E-state index in [0.717, 1.165) is 30.0 Å². The number of nitrogens with one attached hydrogen (secondary N) is 1. The van der Waals surface area contributed by atoms with Crippen molar-refractivity contribution in [1.82, 2.24) is 15.1 Å². The first-order chi connectivity index (χ1) is 22.9. The smallest absolute Gasteiger partial charge is 0.417 e. The molecular formula is C35H33Cl2F4N3O4. The Bertz CT molecular complexity index is 1730. The minimum absolute atomic E-state index is 0.0781. The normalized spacial score (nSPS) is 19.3. The maximum Gasteiger partial charge on any atom is 0.417 e. The molecule has 2 heterocycles. The van der Waals surface area contributed by atoms with Gasteiger partial charge in [0.2, 0.25) is 5.91 Å². The van der Waals surface area contributed by atoms with Gasteiger partial charge in [0, 0.05) is 50.3 Å². The maximum atomic E-state index is 14.5. The van der Waals surface area contributed by atoms with E-state index in [2.05, 4.69) is 5.32 Å². The van der Waals surface area contributed by atoms with Crippen LogP contribution in [-0.4, -0.2) is 66.0 Å². The van der Waals surface area contributed by atoms with Gasteiger partial charge < -0.3 is 24.6 Å². The summed E-state index contributed by atoms with van der Waals surface area (Å²) in [6, 6.07) is 14.2. The van der Waals surface area contributed by atoms with Crippen LogP contribution in [0.25, 0.3) is 5.57 Å². The molecule has 0 radical (unpaired) electrons. The zero-order valence-electron chi connectivity index (χ0n) is 26.0. The molecule has 7 nitrogen and oxygen atoms in total. The van der Waals surface area contributed by atoms with Gasteiger partial charge in [-0.2, -0.15) is 13.2 Å². The van der Waals surface area contributed by atoms with Crippen LogP contribution in [0, 0.1) is 5.82 Å². The van der Waals surface area contributed by atoms with Gasteiger partial charge in [0.25, 0.3) is 5.91 Å². The zero-order chi connectivity index (χ0) is 34.2. The van der Waals surface area contributed by atoms with E-state index in [1.54, 1.807) is 21.9 Å². The van der Waals surface area contributed by atoms with Crippen molar-refractivity contribution in [1.29, 1.82) is 0 Å². The number of halogens is 6. The molecule has 3 aliphatic rings. The molecule has 6 rings (SSSR count). The lowest BCUT2D eigenvalue weighted by atomic mass is 9.82. The van der Waals surface area contributed by atoms with Gasteiger partial charge in [0.1, 0.15) is 30.5 Å². The van der Waals surface area contributed by atoms with Crippen molar-refractivity contribution in [3.63, 3.8) is 0 Å². The second kappa shape index (κ2) is 14.0. The maximum absolute atomic E-state index is 14.5. The Morgan fingerprint density at radius 1 is 1.00 bits per heavy atom. The van der Waals surface area contributed by atoms with Crippen molar-refractivity contribution < 1.29 is 36.6 Å². The summed E-state index contributed by atoms with van der Waals surface area (Å²) in [4.78, 5) is 30.3. The molecule has 1 saturated carbocycles. The van der Waals surface area contributed by atoms with Gasteiger partial charge in [-0.15, -0.1) is 0 Å². The molecular weight excluding hydrogens is 673 g/mol. The van der Waals surface area contributed by atoms with Crippen LogP contribution in [0.3, 0.4) is 0 Å². The van der Waals surface area contributed by atoms with Crippen LogP contribution < -0.4 is 14.8 Å². The zero-order valence-corrected chi connectivity index (χ0v) is 27.5. The van der Waals surface area contributed by atoms with E-state index < -0.39 is 28.6 Å². The van der Waals surface area contributed by atoms with Crippen molar-refractivity contribution in [2.75, 3.05) is 26.3 Å². The van der Waals surface area contributed by atoms with Crippen LogP contribution in [0.2, 0.25) is 10.0 Å². The third-order valence-electron chi connectivity index (χ3n) is 8.76. The predicted octanol–water partition coefficient (Wildman–Crippen LogP) is 7.15. The van der Waals surface area contributed by atoms with E-state index in [9.17, 15) is 27.2 Å². The Morgan fingerprint density at radius 2 is 1.73 bits per heavy atom. The van der Waals surface area contributed by atoms with Gasteiger partial charge in [0.15, 0.2) is 0 Å². The van der Waals surface area contributed by atoms with Gasteiger partial charge in [-0.3, -0.25) is 9.59 Å². The Hall–Kier alpha value is -3.80. The number of amides is 2. The average molecular weight is 707 g/mol. The lowest BCUT2D eigenvalue weighted by molar-refractivity contribution is -0.137. The highest BCUT2D eigenvalue weighted by Gasteiger charge is 2.43. The molecule has 13 heteroatoms. The standard InChI is InChI=1S/C35H33Cl2F4N3O4/c1-20(45)43-18-24-16-27(21-5-10-26(11-6-21)47-13-14-48-31-15-23(38)7-12-29(31)36)32(30(19-43)42-24)34(46)44(25-8-9-25)17-22-3-2-4-28(33(22)37)35(39,40)41/h2-7,10-12,15,24-25,30,42H,8-9,13-14,16-19H2,1H3/t24-,30-/m1/s1. The number of carbonyl (C=O) groups excluding carboxylic acids is 2. The van der Waals surface area contributed by atoms with Gasteiger partial charge in [-0.1, -0.05) is 47.5 Å². The summed E-state index contributed by atoms with van der Waals surface area (Å²) in [5, 5.41) is 3.38. The molecule has 1 saturated heterocycles. The van der Waals surface area contributed by atoms with Gasteiger partial charge in [0.05, 0.1) is 21.7 Å². The molecule has 2 bridgehead atoms. The third kappa shape index (κ3) is 7.58. The Labute approximate surface area is 285 Å². The van der Waals surface area contributed by atoms with Crippen molar-refractivity contribution in [3.8, 4) is 11.5 Å². The van der Waals surface area contributed by atoms with Crippen LogP contribution in [-0.2, 0) is 22.3 Å². The highest BCUT2D eigenvalue weighted by atomic mass is 35.5. The lowest BCUT2D eigenvalue weighted by Gasteiger charge is -2.44. The van der Waals surface area contributed by atoms with E-state index in [1.165, 1.54) is 37.3 Å². The number of ether oxygens (including phenoxy) is 2. The van der Waals surface area contributed by atoms with Crippen LogP contribution in [0.15, 0.2) is 66.2 Å². The molecule has 2 atom stereocenters. The van der Waals surface area contributed by atoms with Crippen molar-refractivity contribution in [3.05, 3.63) is 98.8 Å². The third-order valence-corrected chi connectivity index (χ3v) is 9.52. The van der Waals surface area contributed by atoms with Crippen LogP contribution >= 0.6 is 23.2 Å². The summed E-state index contributed by atoms with van der Waals surface area (Å²) in [7, 11) is 0. The summed E-state index contributed by atoms with van der Waals surface area (Å²) in [6.07, 6.45) is -2.71. The first-order valence-corrected chi connectivity index (χ1v) is 16.4. The fourth-order valence-electron chi connectivity index (χ4n) is 6.29.